The molecule has 0 fully saturated rings. The molecule has 0 spiro atoms. The van der Waals surface area contributed by atoms with Crippen molar-refractivity contribution in [2.75, 3.05) is 17.4 Å². The normalized spacial score (nSPS) is 11.9. The number of hydrogen-bond donors (Lipinski definition) is 1. The highest BCUT2D eigenvalue weighted by Gasteiger charge is 2.34. The Labute approximate surface area is 270 Å². The Balaban J connectivity index is 1.81. The first-order valence-corrected chi connectivity index (χ1v) is 16.5. The summed E-state index contributed by atoms with van der Waals surface area (Å²) >= 11 is 16.0. The topological polar surface area (TPSA) is 86.8 Å². The minimum absolute atomic E-state index is 0.0112. The molecule has 4 aromatic carbocycles. The number of amides is 2. The van der Waals surface area contributed by atoms with Crippen LogP contribution in [0.1, 0.15) is 18.1 Å². The molecule has 0 aromatic heterocycles. The minimum atomic E-state index is -4.25. The summed E-state index contributed by atoms with van der Waals surface area (Å²) in [4.78, 5) is 29.3. The van der Waals surface area contributed by atoms with Crippen LogP contribution in [0.25, 0.3) is 0 Å². The van der Waals surface area contributed by atoms with Crippen molar-refractivity contribution in [1.82, 2.24) is 10.2 Å². The summed E-state index contributed by atoms with van der Waals surface area (Å²) in [6.07, 6.45) is 0.226. The van der Waals surface area contributed by atoms with Crippen LogP contribution in [0.4, 0.5) is 5.69 Å². The molecule has 0 radical (unpaired) electrons. The first-order chi connectivity index (χ1) is 20.6. The highest BCUT2D eigenvalue weighted by atomic mass is 79.9. The molecular weight excluding hydrogens is 673 g/mol. The number of anilines is 1. The van der Waals surface area contributed by atoms with Gasteiger partial charge in [-0.2, -0.15) is 0 Å². The van der Waals surface area contributed by atoms with Crippen LogP contribution in [0.15, 0.2) is 112 Å². The summed E-state index contributed by atoms with van der Waals surface area (Å²) in [6, 6.07) is 28.0. The van der Waals surface area contributed by atoms with Gasteiger partial charge in [-0.15, -0.1) is 0 Å². The second-order valence-electron chi connectivity index (χ2n) is 9.70. The lowest BCUT2D eigenvalue weighted by Crippen LogP contribution is -2.53. The van der Waals surface area contributed by atoms with Crippen molar-refractivity contribution >= 4 is 66.7 Å². The Kier molecular flexibility index (Phi) is 11.3. The molecule has 4 aromatic rings. The maximum absolute atomic E-state index is 14.4. The van der Waals surface area contributed by atoms with Crippen LogP contribution in [0, 0.1) is 0 Å². The molecule has 0 saturated carbocycles. The smallest absolute Gasteiger partial charge is 0.264 e. The third kappa shape index (κ3) is 8.60. The van der Waals surface area contributed by atoms with E-state index in [0.29, 0.717) is 6.54 Å². The molecule has 1 N–H and O–H groups in total. The van der Waals surface area contributed by atoms with E-state index < -0.39 is 28.5 Å². The van der Waals surface area contributed by atoms with Crippen molar-refractivity contribution < 1.29 is 18.0 Å². The summed E-state index contributed by atoms with van der Waals surface area (Å²) < 4.78 is 29.8. The maximum Gasteiger partial charge on any atom is 0.264 e. The number of carbonyl (C=O) groups is 2. The fourth-order valence-corrected chi connectivity index (χ4v) is 6.76. The van der Waals surface area contributed by atoms with Crippen LogP contribution in [0.3, 0.4) is 0 Å². The molecule has 0 aliphatic rings. The summed E-state index contributed by atoms with van der Waals surface area (Å²) in [6.45, 7) is 1.63. The van der Waals surface area contributed by atoms with Gasteiger partial charge in [-0.25, -0.2) is 8.42 Å². The monoisotopic (exact) mass is 701 g/mol. The number of nitrogens with zero attached hydrogens (tertiary/aromatic N) is 2. The third-order valence-corrected chi connectivity index (χ3v) is 9.39. The highest BCUT2D eigenvalue weighted by molar-refractivity contribution is 9.10. The molecular formula is C32H30BrCl2N3O4S. The second kappa shape index (κ2) is 14.9. The van der Waals surface area contributed by atoms with Gasteiger partial charge in [0.2, 0.25) is 11.8 Å². The Morgan fingerprint density at radius 2 is 1.42 bits per heavy atom. The Morgan fingerprint density at radius 1 is 0.837 bits per heavy atom. The zero-order valence-electron chi connectivity index (χ0n) is 23.3. The lowest BCUT2D eigenvalue weighted by atomic mass is 10.0. The predicted molar refractivity (Wildman–Crippen MR) is 175 cm³/mol. The number of hydrogen-bond acceptors (Lipinski definition) is 4. The van der Waals surface area contributed by atoms with E-state index in [1.807, 2.05) is 54.6 Å². The van der Waals surface area contributed by atoms with Gasteiger partial charge >= 0.3 is 0 Å². The molecule has 11 heteroatoms. The van der Waals surface area contributed by atoms with E-state index in [4.69, 9.17) is 23.2 Å². The largest absolute Gasteiger partial charge is 0.355 e. The number of rotatable bonds is 12. The van der Waals surface area contributed by atoms with Crippen molar-refractivity contribution in [3.8, 4) is 0 Å². The lowest BCUT2D eigenvalue weighted by molar-refractivity contribution is -0.140. The van der Waals surface area contributed by atoms with Crippen LogP contribution >= 0.6 is 39.1 Å². The van der Waals surface area contributed by atoms with Crippen molar-refractivity contribution in [2.24, 2.45) is 0 Å². The van der Waals surface area contributed by atoms with Crippen molar-refractivity contribution in [2.45, 2.75) is 30.8 Å². The van der Waals surface area contributed by atoms with E-state index in [-0.39, 0.29) is 39.5 Å². The number of benzene rings is 4. The van der Waals surface area contributed by atoms with Gasteiger partial charge in [-0.1, -0.05) is 99.8 Å². The molecule has 0 aliphatic heterocycles. The molecule has 1 atom stereocenters. The maximum atomic E-state index is 14.4. The van der Waals surface area contributed by atoms with Gasteiger partial charge in [0, 0.05) is 34.0 Å². The number of halogens is 3. The number of carbonyl (C=O) groups excluding carboxylic acids is 2. The SMILES string of the molecule is CCNC(=O)[C@@H](Cc1ccccc1)N(Cc1ccc(Br)cc1)C(=O)CN(c1cc(Cl)cc(Cl)c1)S(=O)(=O)c1ccccc1. The molecule has 0 bridgehead atoms. The van der Waals surface area contributed by atoms with E-state index in [1.54, 1.807) is 25.1 Å². The average Bonchev–Trinajstić information content (AvgIpc) is 2.99. The second-order valence-corrected chi connectivity index (χ2v) is 13.4. The Morgan fingerprint density at radius 3 is 2.00 bits per heavy atom. The molecule has 0 unspecified atom stereocenters. The minimum Gasteiger partial charge on any atom is -0.355 e. The van der Waals surface area contributed by atoms with E-state index in [1.165, 1.54) is 35.2 Å². The number of nitrogens with one attached hydrogen (secondary N) is 1. The summed E-state index contributed by atoms with van der Waals surface area (Å²) in [5, 5.41) is 3.26. The van der Waals surface area contributed by atoms with Gasteiger partial charge in [0.05, 0.1) is 10.6 Å². The van der Waals surface area contributed by atoms with E-state index in [0.717, 1.165) is 19.9 Å². The van der Waals surface area contributed by atoms with Gasteiger partial charge in [0.25, 0.3) is 10.0 Å². The van der Waals surface area contributed by atoms with Crippen LogP contribution in [-0.2, 0) is 32.6 Å². The molecule has 43 heavy (non-hydrogen) atoms. The van der Waals surface area contributed by atoms with E-state index in [2.05, 4.69) is 21.2 Å². The quantitative estimate of drug-likeness (QED) is 0.178. The van der Waals surface area contributed by atoms with Crippen LogP contribution in [0.5, 0.6) is 0 Å². The van der Waals surface area contributed by atoms with Crippen LogP contribution < -0.4 is 9.62 Å². The van der Waals surface area contributed by atoms with Crippen molar-refractivity contribution in [3.05, 3.63) is 129 Å². The van der Waals surface area contributed by atoms with Gasteiger partial charge in [0.15, 0.2) is 0 Å². The first kappa shape index (κ1) is 32.5. The zero-order valence-corrected chi connectivity index (χ0v) is 27.2. The highest BCUT2D eigenvalue weighted by Crippen LogP contribution is 2.30. The fourth-order valence-electron chi connectivity index (χ4n) is 4.56. The average molecular weight is 703 g/mol. The first-order valence-electron chi connectivity index (χ1n) is 13.5. The van der Waals surface area contributed by atoms with Crippen LogP contribution in [-0.4, -0.2) is 44.3 Å². The van der Waals surface area contributed by atoms with Crippen LogP contribution in [0.2, 0.25) is 10.0 Å². The van der Waals surface area contributed by atoms with Crippen molar-refractivity contribution in [1.29, 1.82) is 0 Å². The Bertz CT molecular complexity index is 1640. The van der Waals surface area contributed by atoms with Gasteiger partial charge in [0.1, 0.15) is 12.6 Å². The van der Waals surface area contributed by atoms with E-state index in [9.17, 15) is 18.0 Å². The Hall–Kier alpha value is -3.37. The number of sulfonamides is 1. The molecule has 0 heterocycles. The predicted octanol–water partition coefficient (Wildman–Crippen LogP) is 6.73. The zero-order chi connectivity index (χ0) is 31.0. The van der Waals surface area contributed by atoms with E-state index >= 15 is 0 Å². The summed E-state index contributed by atoms with van der Waals surface area (Å²) in [5.74, 6) is -0.925. The molecule has 4 rings (SSSR count). The van der Waals surface area contributed by atoms with Gasteiger partial charge < -0.3 is 10.2 Å². The lowest BCUT2D eigenvalue weighted by Gasteiger charge is -2.34. The summed E-state index contributed by atoms with van der Waals surface area (Å²) in [5.41, 5.74) is 1.74. The number of likely N-dealkylation sites (N-methyl/N-ethyl adjacent to an activating group) is 1. The third-order valence-electron chi connectivity index (χ3n) is 6.63. The molecule has 224 valence electrons. The summed E-state index contributed by atoms with van der Waals surface area (Å²) in [7, 11) is -4.25. The van der Waals surface area contributed by atoms with Gasteiger partial charge in [-0.3, -0.25) is 13.9 Å². The molecule has 0 saturated heterocycles. The molecule has 0 aliphatic carbocycles. The molecule has 7 nitrogen and oxygen atoms in total. The van der Waals surface area contributed by atoms with Gasteiger partial charge in [-0.05, 0) is 60.5 Å². The van der Waals surface area contributed by atoms with Crippen molar-refractivity contribution in [3.63, 3.8) is 0 Å². The molecule has 2 amide bonds. The fraction of sp³-hybridized carbons (Fsp3) is 0.188. The standard InChI is InChI=1S/C32H30BrCl2N3O4S/c1-2-36-32(40)30(17-23-9-5-3-6-10-23)37(21-24-13-15-25(33)16-14-24)31(39)22-38(28-19-26(34)18-27(35)20-28)43(41,42)29-11-7-4-8-12-29/h3-16,18-20,30H,2,17,21-22H2,1H3,(H,36,40)/t30-/m1/s1.